The van der Waals surface area contributed by atoms with Gasteiger partial charge in [-0.2, -0.15) is 5.10 Å². The number of carbonyl (C=O) groups is 2. The first-order valence-electron chi connectivity index (χ1n) is 5.31. The Morgan fingerprint density at radius 2 is 2.11 bits per heavy atom. The lowest BCUT2D eigenvalue weighted by atomic mass is 10.3. The molecule has 0 atom stereocenters. The van der Waals surface area contributed by atoms with Crippen LogP contribution in [-0.4, -0.2) is 29.3 Å². The van der Waals surface area contributed by atoms with Gasteiger partial charge in [-0.25, -0.2) is 5.43 Å². The summed E-state index contributed by atoms with van der Waals surface area (Å²) in [6.07, 6.45) is 2.81. The summed E-state index contributed by atoms with van der Waals surface area (Å²) in [7, 11) is 0. The highest BCUT2D eigenvalue weighted by Gasteiger charge is 2.07. The maximum Gasteiger partial charge on any atom is 0.313 e. The molecular formula is C11H14N4O3. The van der Waals surface area contributed by atoms with Gasteiger partial charge in [-0.1, -0.05) is 0 Å². The summed E-state index contributed by atoms with van der Waals surface area (Å²) < 4.78 is 4.68. The molecule has 0 aliphatic rings. The van der Waals surface area contributed by atoms with Gasteiger partial charge in [-0.05, 0) is 19.1 Å². The van der Waals surface area contributed by atoms with Crippen molar-refractivity contribution < 1.29 is 14.3 Å². The van der Waals surface area contributed by atoms with Crippen molar-refractivity contribution in [3.8, 4) is 0 Å². The fourth-order valence-electron chi connectivity index (χ4n) is 1.09. The van der Waals surface area contributed by atoms with Crippen LogP contribution in [0.5, 0.6) is 0 Å². The summed E-state index contributed by atoms with van der Waals surface area (Å²) in [5.41, 5.74) is 8.09. The van der Waals surface area contributed by atoms with Gasteiger partial charge < -0.3 is 10.5 Å². The number of amidine groups is 1. The largest absolute Gasteiger partial charge is 0.466 e. The SMILES string of the molecule is CCOC(=O)CC(N)=NNC(=O)c1ccncc1. The van der Waals surface area contributed by atoms with E-state index in [4.69, 9.17) is 5.73 Å². The van der Waals surface area contributed by atoms with Crippen LogP contribution < -0.4 is 11.2 Å². The second kappa shape index (κ2) is 7.00. The number of esters is 1. The lowest BCUT2D eigenvalue weighted by molar-refractivity contribution is -0.141. The average molecular weight is 250 g/mol. The zero-order valence-electron chi connectivity index (χ0n) is 9.92. The van der Waals surface area contributed by atoms with Crippen LogP contribution in [-0.2, 0) is 9.53 Å². The first-order valence-corrected chi connectivity index (χ1v) is 5.31. The smallest absolute Gasteiger partial charge is 0.313 e. The topological polar surface area (TPSA) is 107 Å². The van der Waals surface area contributed by atoms with Crippen LogP contribution in [0.1, 0.15) is 23.7 Å². The molecule has 18 heavy (non-hydrogen) atoms. The second-order valence-electron chi connectivity index (χ2n) is 3.26. The normalized spacial score (nSPS) is 10.8. The number of nitrogens with one attached hydrogen (secondary N) is 1. The summed E-state index contributed by atoms with van der Waals surface area (Å²) in [4.78, 5) is 26.4. The van der Waals surface area contributed by atoms with Crippen molar-refractivity contribution in [3.63, 3.8) is 0 Å². The molecule has 0 fully saturated rings. The van der Waals surface area contributed by atoms with Gasteiger partial charge in [0.25, 0.3) is 5.91 Å². The molecule has 0 bridgehead atoms. The van der Waals surface area contributed by atoms with E-state index in [0.717, 1.165) is 0 Å². The zero-order valence-corrected chi connectivity index (χ0v) is 9.92. The summed E-state index contributed by atoms with van der Waals surface area (Å²) >= 11 is 0. The van der Waals surface area contributed by atoms with Crippen molar-refractivity contribution in [3.05, 3.63) is 30.1 Å². The Kier molecular flexibility index (Phi) is 5.30. The number of carbonyl (C=O) groups excluding carboxylic acids is 2. The molecular weight excluding hydrogens is 236 g/mol. The Morgan fingerprint density at radius 1 is 1.44 bits per heavy atom. The Bertz CT molecular complexity index is 445. The molecule has 0 aliphatic carbocycles. The fraction of sp³-hybridized carbons (Fsp3) is 0.273. The number of amides is 1. The third kappa shape index (κ3) is 4.60. The molecule has 0 radical (unpaired) electrons. The standard InChI is InChI=1S/C11H14N4O3/c1-2-18-10(16)7-9(12)14-15-11(17)8-3-5-13-6-4-8/h3-6H,2,7H2,1H3,(H2,12,14)(H,15,17). The van der Waals surface area contributed by atoms with E-state index >= 15 is 0 Å². The van der Waals surface area contributed by atoms with E-state index in [9.17, 15) is 9.59 Å². The van der Waals surface area contributed by atoms with Crippen LogP contribution in [0, 0.1) is 0 Å². The van der Waals surface area contributed by atoms with Gasteiger partial charge in [0.2, 0.25) is 0 Å². The highest BCUT2D eigenvalue weighted by Crippen LogP contribution is 1.95. The van der Waals surface area contributed by atoms with E-state index in [-0.39, 0.29) is 18.9 Å². The van der Waals surface area contributed by atoms with Crippen LogP contribution in [0.2, 0.25) is 0 Å². The Hall–Kier alpha value is -2.44. The number of pyridine rings is 1. The minimum atomic E-state index is -0.489. The molecule has 7 nitrogen and oxygen atoms in total. The first kappa shape index (κ1) is 13.6. The van der Waals surface area contributed by atoms with Crippen LogP contribution in [0.3, 0.4) is 0 Å². The number of rotatable bonds is 5. The van der Waals surface area contributed by atoms with Crippen molar-refractivity contribution in [2.24, 2.45) is 10.8 Å². The Balaban J connectivity index is 2.48. The summed E-state index contributed by atoms with van der Waals surface area (Å²) in [5, 5.41) is 3.60. The maximum atomic E-state index is 11.5. The summed E-state index contributed by atoms with van der Waals surface area (Å²) in [6, 6.07) is 3.07. The number of hydrogen-bond donors (Lipinski definition) is 2. The average Bonchev–Trinajstić information content (AvgIpc) is 2.37. The lowest BCUT2D eigenvalue weighted by Crippen LogP contribution is -2.25. The fourth-order valence-corrected chi connectivity index (χ4v) is 1.09. The third-order valence-electron chi connectivity index (χ3n) is 1.87. The maximum absolute atomic E-state index is 11.5. The summed E-state index contributed by atoms with van der Waals surface area (Å²) in [6.45, 7) is 1.96. The van der Waals surface area contributed by atoms with Crippen LogP contribution in [0.25, 0.3) is 0 Å². The van der Waals surface area contributed by atoms with E-state index in [1.54, 1.807) is 6.92 Å². The molecule has 0 unspecified atom stereocenters. The van der Waals surface area contributed by atoms with Crippen molar-refractivity contribution in [2.75, 3.05) is 6.61 Å². The monoisotopic (exact) mass is 250 g/mol. The van der Waals surface area contributed by atoms with Gasteiger partial charge >= 0.3 is 5.97 Å². The van der Waals surface area contributed by atoms with Gasteiger partial charge in [0.05, 0.1) is 6.61 Å². The Morgan fingerprint density at radius 3 is 2.72 bits per heavy atom. The van der Waals surface area contributed by atoms with Crippen molar-refractivity contribution in [1.29, 1.82) is 0 Å². The molecule has 7 heteroatoms. The minimum absolute atomic E-state index is 0.0177. The highest BCUT2D eigenvalue weighted by molar-refractivity contribution is 5.98. The number of hydrogen-bond acceptors (Lipinski definition) is 5. The lowest BCUT2D eigenvalue weighted by Gasteiger charge is -2.02. The highest BCUT2D eigenvalue weighted by atomic mass is 16.5. The molecule has 96 valence electrons. The van der Waals surface area contributed by atoms with E-state index < -0.39 is 11.9 Å². The quantitative estimate of drug-likeness (QED) is 0.332. The van der Waals surface area contributed by atoms with Crippen LogP contribution in [0.4, 0.5) is 0 Å². The van der Waals surface area contributed by atoms with Gasteiger partial charge in [0.1, 0.15) is 12.3 Å². The molecule has 0 saturated carbocycles. The van der Waals surface area contributed by atoms with E-state index in [2.05, 4.69) is 20.2 Å². The van der Waals surface area contributed by atoms with Gasteiger partial charge in [0, 0.05) is 18.0 Å². The van der Waals surface area contributed by atoms with Crippen LogP contribution >= 0.6 is 0 Å². The summed E-state index contributed by atoms with van der Waals surface area (Å²) in [5.74, 6) is -0.933. The number of ether oxygens (including phenoxy) is 1. The van der Waals surface area contributed by atoms with E-state index in [1.165, 1.54) is 24.5 Å². The predicted octanol–water partition coefficient (Wildman–Crippen LogP) is 0.0368. The van der Waals surface area contributed by atoms with Gasteiger partial charge in [0.15, 0.2) is 0 Å². The van der Waals surface area contributed by atoms with E-state index in [0.29, 0.717) is 5.56 Å². The molecule has 0 aromatic carbocycles. The first-order chi connectivity index (χ1) is 8.63. The molecule has 1 rings (SSSR count). The molecule has 0 saturated heterocycles. The predicted molar refractivity (Wildman–Crippen MR) is 64.6 cm³/mol. The minimum Gasteiger partial charge on any atom is -0.466 e. The molecule has 0 aliphatic heterocycles. The molecule has 1 aromatic heterocycles. The van der Waals surface area contributed by atoms with Crippen molar-refractivity contribution in [1.82, 2.24) is 10.4 Å². The zero-order chi connectivity index (χ0) is 13.4. The van der Waals surface area contributed by atoms with Crippen molar-refractivity contribution in [2.45, 2.75) is 13.3 Å². The van der Waals surface area contributed by atoms with Gasteiger partial charge in [-0.15, -0.1) is 0 Å². The number of nitrogens with two attached hydrogens (primary N) is 1. The second-order valence-corrected chi connectivity index (χ2v) is 3.26. The van der Waals surface area contributed by atoms with Crippen LogP contribution in [0.15, 0.2) is 29.6 Å². The molecule has 1 aromatic rings. The number of hydrazone groups is 1. The van der Waals surface area contributed by atoms with Crippen molar-refractivity contribution >= 4 is 17.7 Å². The van der Waals surface area contributed by atoms with E-state index in [1.807, 2.05) is 0 Å². The molecule has 1 heterocycles. The molecule has 1 amide bonds. The Labute approximate surface area is 104 Å². The molecule has 3 N–H and O–H groups in total. The van der Waals surface area contributed by atoms with Gasteiger partial charge in [-0.3, -0.25) is 14.6 Å². The molecule has 0 spiro atoms. The number of aromatic nitrogens is 1. The number of nitrogens with zero attached hydrogens (tertiary/aromatic N) is 2. The third-order valence-corrected chi connectivity index (χ3v) is 1.87.